The van der Waals surface area contributed by atoms with Crippen molar-refractivity contribution < 1.29 is 18.3 Å². The number of imidazole rings is 1. The molecular formula is C21H19F3N6O. The zero-order valence-corrected chi connectivity index (χ0v) is 16.5. The van der Waals surface area contributed by atoms with Gasteiger partial charge in [-0.3, -0.25) is 4.57 Å². The van der Waals surface area contributed by atoms with E-state index in [1.54, 1.807) is 6.07 Å². The topological polar surface area (TPSA) is 87.9 Å². The van der Waals surface area contributed by atoms with E-state index < -0.39 is 11.7 Å². The largest absolute Gasteiger partial charge is 0.416 e. The molecule has 160 valence electrons. The molecule has 0 saturated heterocycles. The molecule has 0 saturated carbocycles. The molecule has 7 nitrogen and oxygen atoms in total. The highest BCUT2D eigenvalue weighted by atomic mass is 19.4. The number of anilines is 3. The van der Waals surface area contributed by atoms with Gasteiger partial charge in [0.2, 0.25) is 5.95 Å². The van der Waals surface area contributed by atoms with Crippen LogP contribution in [0.1, 0.15) is 11.4 Å². The Balaban J connectivity index is 1.73. The third-order valence-electron chi connectivity index (χ3n) is 4.56. The van der Waals surface area contributed by atoms with E-state index in [4.69, 9.17) is 5.11 Å². The highest BCUT2D eigenvalue weighted by Gasteiger charge is 2.30. The van der Waals surface area contributed by atoms with Crippen molar-refractivity contribution >= 4 is 28.5 Å². The van der Waals surface area contributed by atoms with Crippen LogP contribution in [0.25, 0.3) is 16.9 Å². The first-order valence-electron chi connectivity index (χ1n) is 9.48. The van der Waals surface area contributed by atoms with Crippen molar-refractivity contribution in [1.82, 2.24) is 19.5 Å². The maximum absolute atomic E-state index is 12.8. The molecule has 31 heavy (non-hydrogen) atoms. The summed E-state index contributed by atoms with van der Waals surface area (Å²) in [5.41, 5.74) is 1.33. The number of hydrogen-bond acceptors (Lipinski definition) is 6. The minimum absolute atomic E-state index is 0.0892. The van der Waals surface area contributed by atoms with Gasteiger partial charge >= 0.3 is 6.18 Å². The standard InChI is InChI=1S/C21H19F3N6O/c1-13-26-16-4-2-3-5-17(16)30(13)19-12-18(25-10-11-31)28-20(29-19)27-15-8-6-14(7-9-15)21(22,23)24/h2-9,12,31H,10-11H2,1H3,(H2,25,27,28,29). The minimum Gasteiger partial charge on any atom is -0.395 e. The van der Waals surface area contributed by atoms with Gasteiger partial charge in [0.1, 0.15) is 17.5 Å². The fraction of sp³-hybridized carbons (Fsp3) is 0.190. The van der Waals surface area contributed by atoms with Crippen molar-refractivity contribution in [3.05, 3.63) is 66.0 Å². The van der Waals surface area contributed by atoms with Crippen LogP contribution in [0.3, 0.4) is 0 Å². The molecule has 0 aliphatic heterocycles. The van der Waals surface area contributed by atoms with Crippen LogP contribution in [-0.4, -0.2) is 37.8 Å². The number of rotatable bonds is 6. The number of nitrogens with zero attached hydrogens (tertiary/aromatic N) is 4. The summed E-state index contributed by atoms with van der Waals surface area (Å²) in [6, 6.07) is 13.9. The van der Waals surface area contributed by atoms with Gasteiger partial charge in [-0.15, -0.1) is 0 Å². The van der Waals surface area contributed by atoms with Crippen molar-refractivity contribution in [2.75, 3.05) is 23.8 Å². The molecule has 0 radical (unpaired) electrons. The second-order valence-electron chi connectivity index (χ2n) is 6.77. The van der Waals surface area contributed by atoms with Crippen molar-refractivity contribution in [2.45, 2.75) is 13.1 Å². The third kappa shape index (κ3) is 4.43. The molecule has 0 fully saturated rings. The van der Waals surface area contributed by atoms with E-state index in [-0.39, 0.29) is 19.1 Å². The molecule has 0 atom stereocenters. The van der Waals surface area contributed by atoms with Crippen LogP contribution >= 0.6 is 0 Å². The zero-order valence-electron chi connectivity index (χ0n) is 16.5. The highest BCUT2D eigenvalue weighted by molar-refractivity contribution is 5.78. The van der Waals surface area contributed by atoms with Gasteiger partial charge in [-0.1, -0.05) is 12.1 Å². The lowest BCUT2D eigenvalue weighted by molar-refractivity contribution is -0.137. The molecule has 3 N–H and O–H groups in total. The number of aryl methyl sites for hydroxylation is 1. The number of aromatic nitrogens is 4. The lowest BCUT2D eigenvalue weighted by Crippen LogP contribution is -2.11. The van der Waals surface area contributed by atoms with Crippen molar-refractivity contribution in [2.24, 2.45) is 0 Å². The lowest BCUT2D eigenvalue weighted by Gasteiger charge is -2.13. The second-order valence-corrected chi connectivity index (χ2v) is 6.77. The van der Waals surface area contributed by atoms with Crippen molar-refractivity contribution in [3.8, 4) is 5.82 Å². The van der Waals surface area contributed by atoms with Gasteiger partial charge in [-0.05, 0) is 43.3 Å². The smallest absolute Gasteiger partial charge is 0.395 e. The van der Waals surface area contributed by atoms with Crippen LogP contribution in [0.2, 0.25) is 0 Å². The van der Waals surface area contributed by atoms with Gasteiger partial charge in [-0.2, -0.15) is 23.1 Å². The number of benzene rings is 2. The molecule has 0 amide bonds. The molecule has 0 bridgehead atoms. The molecule has 4 aromatic rings. The maximum Gasteiger partial charge on any atom is 0.416 e. The van der Waals surface area contributed by atoms with E-state index in [2.05, 4.69) is 25.6 Å². The molecule has 2 heterocycles. The molecule has 0 aliphatic carbocycles. The van der Waals surface area contributed by atoms with Crippen LogP contribution in [0.15, 0.2) is 54.6 Å². The highest BCUT2D eigenvalue weighted by Crippen LogP contribution is 2.30. The van der Waals surface area contributed by atoms with E-state index in [1.807, 2.05) is 35.8 Å². The van der Waals surface area contributed by atoms with Crippen molar-refractivity contribution in [3.63, 3.8) is 0 Å². The van der Waals surface area contributed by atoms with E-state index in [0.29, 0.717) is 23.1 Å². The van der Waals surface area contributed by atoms with E-state index in [0.717, 1.165) is 23.2 Å². The number of halogens is 3. The Hall–Kier alpha value is -3.66. The van der Waals surface area contributed by atoms with Crippen LogP contribution in [0, 0.1) is 6.92 Å². The first-order valence-corrected chi connectivity index (χ1v) is 9.48. The number of alkyl halides is 3. The zero-order chi connectivity index (χ0) is 22.0. The number of aliphatic hydroxyl groups is 1. The number of fused-ring (bicyclic) bond motifs is 1. The predicted molar refractivity (Wildman–Crippen MR) is 112 cm³/mol. The Labute approximate surface area is 175 Å². The van der Waals surface area contributed by atoms with Gasteiger partial charge < -0.3 is 15.7 Å². The molecule has 0 aliphatic rings. The van der Waals surface area contributed by atoms with Crippen LogP contribution in [-0.2, 0) is 6.18 Å². The second kappa shape index (κ2) is 8.23. The average Bonchev–Trinajstić information content (AvgIpc) is 3.07. The van der Waals surface area contributed by atoms with Gasteiger partial charge in [0.05, 0.1) is 23.2 Å². The molecule has 0 spiro atoms. The van der Waals surface area contributed by atoms with E-state index in [1.165, 1.54) is 12.1 Å². The number of hydrogen-bond donors (Lipinski definition) is 3. The monoisotopic (exact) mass is 428 g/mol. The quantitative estimate of drug-likeness (QED) is 0.425. The summed E-state index contributed by atoms with van der Waals surface area (Å²) in [7, 11) is 0. The summed E-state index contributed by atoms with van der Waals surface area (Å²) in [5.74, 6) is 1.88. The molecule has 0 unspecified atom stereocenters. The lowest BCUT2D eigenvalue weighted by atomic mass is 10.2. The molecule has 4 rings (SSSR count). The van der Waals surface area contributed by atoms with Gasteiger partial charge in [0.15, 0.2) is 0 Å². The van der Waals surface area contributed by atoms with Crippen LogP contribution in [0.5, 0.6) is 0 Å². The third-order valence-corrected chi connectivity index (χ3v) is 4.56. The number of nitrogens with one attached hydrogen (secondary N) is 2. The van der Waals surface area contributed by atoms with E-state index >= 15 is 0 Å². The normalized spacial score (nSPS) is 11.6. The predicted octanol–water partition coefficient (Wildman–Crippen LogP) is 4.29. The SMILES string of the molecule is Cc1nc2ccccc2n1-c1cc(NCCO)nc(Nc2ccc(C(F)(F)F)cc2)n1. The fourth-order valence-corrected chi connectivity index (χ4v) is 3.19. The summed E-state index contributed by atoms with van der Waals surface area (Å²) < 4.78 is 40.3. The van der Waals surface area contributed by atoms with Gasteiger partial charge in [0, 0.05) is 18.3 Å². The Kier molecular flexibility index (Phi) is 5.47. The Bertz CT molecular complexity index is 1200. The Morgan fingerprint density at radius 1 is 1.00 bits per heavy atom. The summed E-state index contributed by atoms with van der Waals surface area (Å²) in [4.78, 5) is 13.4. The first kappa shape index (κ1) is 20.6. The van der Waals surface area contributed by atoms with Crippen molar-refractivity contribution in [1.29, 1.82) is 0 Å². The Morgan fingerprint density at radius 3 is 2.45 bits per heavy atom. The summed E-state index contributed by atoms with van der Waals surface area (Å²) in [6.07, 6.45) is -4.41. The first-order chi connectivity index (χ1) is 14.8. The minimum atomic E-state index is -4.41. The van der Waals surface area contributed by atoms with Crippen LogP contribution in [0.4, 0.5) is 30.6 Å². The fourth-order valence-electron chi connectivity index (χ4n) is 3.19. The number of para-hydroxylation sites is 2. The average molecular weight is 428 g/mol. The van der Waals surface area contributed by atoms with E-state index in [9.17, 15) is 13.2 Å². The molecular weight excluding hydrogens is 409 g/mol. The molecule has 10 heteroatoms. The summed E-state index contributed by atoms with van der Waals surface area (Å²) >= 11 is 0. The van der Waals surface area contributed by atoms with Gasteiger partial charge in [0.25, 0.3) is 0 Å². The molecule has 2 aromatic carbocycles. The van der Waals surface area contributed by atoms with Gasteiger partial charge in [-0.25, -0.2) is 4.98 Å². The summed E-state index contributed by atoms with van der Waals surface area (Å²) in [6.45, 7) is 2.04. The number of aliphatic hydroxyl groups excluding tert-OH is 1. The Morgan fingerprint density at radius 2 is 1.74 bits per heavy atom. The van der Waals surface area contributed by atoms with Crippen LogP contribution < -0.4 is 10.6 Å². The molecule has 2 aromatic heterocycles. The maximum atomic E-state index is 12.8. The summed E-state index contributed by atoms with van der Waals surface area (Å²) in [5, 5.41) is 15.1.